The number of rotatable bonds is 2. The zero-order chi connectivity index (χ0) is 20.9. The van der Waals surface area contributed by atoms with E-state index in [4.69, 9.17) is 9.98 Å². The van der Waals surface area contributed by atoms with E-state index in [1.165, 1.54) is 32.7 Å². The average Bonchev–Trinajstić information content (AvgIpc) is 2.82. The Hall–Kier alpha value is -3.05. The highest BCUT2D eigenvalue weighted by Crippen LogP contribution is 2.38. The van der Waals surface area contributed by atoms with Gasteiger partial charge >= 0.3 is 0 Å². The summed E-state index contributed by atoms with van der Waals surface area (Å²) in [6.45, 7) is 2.08. The monoisotopic (exact) mass is 463 g/mol. The van der Waals surface area contributed by atoms with E-state index in [2.05, 4.69) is 94.5 Å². The first-order valence-corrected chi connectivity index (χ1v) is 11.5. The van der Waals surface area contributed by atoms with Crippen molar-refractivity contribution in [3.8, 4) is 0 Å². The molecule has 1 aliphatic heterocycles. The molecule has 0 saturated heterocycles. The van der Waals surface area contributed by atoms with E-state index in [1.54, 1.807) is 0 Å². The van der Waals surface area contributed by atoms with Crippen molar-refractivity contribution in [3.05, 3.63) is 82.5 Å². The molecule has 0 fully saturated rings. The van der Waals surface area contributed by atoms with E-state index in [-0.39, 0.29) is 0 Å². The first-order chi connectivity index (χ1) is 15.2. The van der Waals surface area contributed by atoms with Crippen molar-refractivity contribution in [1.29, 1.82) is 0 Å². The van der Waals surface area contributed by atoms with Crippen molar-refractivity contribution in [2.45, 2.75) is 19.7 Å². The van der Waals surface area contributed by atoms with E-state index >= 15 is 0 Å². The summed E-state index contributed by atoms with van der Waals surface area (Å²) in [7, 11) is 0.794. The van der Waals surface area contributed by atoms with Crippen LogP contribution in [-0.4, -0.2) is 23.0 Å². The molecule has 31 heavy (non-hydrogen) atoms. The normalized spacial score (nSPS) is 13.4. The lowest BCUT2D eigenvalue weighted by Gasteiger charge is -2.20. The number of benzene rings is 4. The summed E-state index contributed by atoms with van der Waals surface area (Å²) >= 11 is 3.64. The van der Waals surface area contributed by atoms with Gasteiger partial charge in [-0.05, 0) is 68.0 Å². The first kappa shape index (κ1) is 18.7. The molecule has 1 aliphatic rings. The fourth-order valence-electron chi connectivity index (χ4n) is 4.66. The Morgan fingerprint density at radius 2 is 1.52 bits per heavy atom. The molecule has 0 atom stereocenters. The zero-order valence-electron chi connectivity index (χ0n) is 17.2. The molecule has 0 radical (unpaired) electrons. The first-order valence-electron chi connectivity index (χ1n) is 10.7. The topological polar surface area (TPSA) is 38.1 Å². The largest absolute Gasteiger partial charge is 0.250 e. The highest BCUT2D eigenvalue weighted by atomic mass is 79.9. The standard InChI is InChI=1S/C26H19BBrN3/c1-27-26-30-24-20(25(28)31-26)12-10-15-11-13-21(29-23(15)24)22-18-8-4-2-6-16(18)14-17-7-3-5-9-19(17)22/h2-10,12,14,27H,11,13H2,1H3. The minimum atomic E-state index is 0.794. The molecule has 0 saturated carbocycles. The Balaban J connectivity index is 1.68. The quantitative estimate of drug-likeness (QED) is 0.186. The van der Waals surface area contributed by atoms with Gasteiger partial charge in [0.05, 0.1) is 16.9 Å². The Morgan fingerprint density at radius 3 is 2.23 bits per heavy atom. The van der Waals surface area contributed by atoms with Gasteiger partial charge in [-0.3, -0.25) is 4.99 Å². The van der Waals surface area contributed by atoms with Crippen molar-refractivity contribution in [3.63, 3.8) is 0 Å². The van der Waals surface area contributed by atoms with Crippen molar-refractivity contribution in [2.24, 2.45) is 4.99 Å². The molecule has 0 bridgehead atoms. The molecule has 2 heterocycles. The van der Waals surface area contributed by atoms with E-state index < -0.39 is 0 Å². The molecule has 0 spiro atoms. The third kappa shape index (κ3) is 2.99. The van der Waals surface area contributed by atoms with Crippen LogP contribution in [-0.2, 0) is 6.42 Å². The van der Waals surface area contributed by atoms with Crippen molar-refractivity contribution >= 4 is 72.8 Å². The van der Waals surface area contributed by atoms with Crippen molar-refractivity contribution in [2.75, 3.05) is 0 Å². The van der Waals surface area contributed by atoms with E-state index in [0.717, 1.165) is 52.8 Å². The van der Waals surface area contributed by atoms with Crippen LogP contribution in [0.15, 0.2) is 76.3 Å². The lowest BCUT2D eigenvalue weighted by atomic mass is 9.81. The number of aliphatic imine (C=N–C) groups is 1. The van der Waals surface area contributed by atoms with Crippen LogP contribution in [0.1, 0.15) is 17.5 Å². The Kier molecular flexibility index (Phi) is 4.39. The fourth-order valence-corrected chi connectivity index (χ4v) is 5.19. The van der Waals surface area contributed by atoms with Gasteiger partial charge in [-0.2, -0.15) is 0 Å². The molecule has 6 rings (SSSR count). The summed E-state index contributed by atoms with van der Waals surface area (Å²) in [6, 6.07) is 23.8. The molecule has 5 aromatic rings. The lowest BCUT2D eigenvalue weighted by Crippen LogP contribution is -2.20. The molecule has 1 aromatic heterocycles. The molecule has 0 amide bonds. The Bertz CT molecular complexity index is 1490. The fraction of sp³-hybridized carbons (Fsp3) is 0.115. The van der Waals surface area contributed by atoms with Gasteiger partial charge in [0.15, 0.2) is 0 Å². The van der Waals surface area contributed by atoms with Gasteiger partial charge in [0.25, 0.3) is 0 Å². The smallest absolute Gasteiger partial charge is 0.204 e. The second-order valence-electron chi connectivity index (χ2n) is 8.01. The van der Waals surface area contributed by atoms with Gasteiger partial charge < -0.3 is 0 Å². The maximum Gasteiger partial charge on any atom is 0.204 e. The van der Waals surface area contributed by atoms with Crippen LogP contribution in [0.2, 0.25) is 6.82 Å². The minimum absolute atomic E-state index is 0.794. The van der Waals surface area contributed by atoms with Crippen LogP contribution in [0.4, 0.5) is 5.69 Å². The second kappa shape index (κ2) is 7.28. The molecule has 0 aliphatic carbocycles. The van der Waals surface area contributed by atoms with Crippen LogP contribution in [0.25, 0.3) is 32.4 Å². The number of hydrogen-bond donors (Lipinski definition) is 0. The van der Waals surface area contributed by atoms with Gasteiger partial charge in [0, 0.05) is 16.7 Å². The molecule has 3 nitrogen and oxygen atoms in total. The molecule has 0 N–H and O–H groups in total. The van der Waals surface area contributed by atoms with E-state index in [0.29, 0.717) is 0 Å². The van der Waals surface area contributed by atoms with Gasteiger partial charge in [-0.15, -0.1) is 0 Å². The molecule has 4 aromatic carbocycles. The number of hydrogen-bond acceptors (Lipinski definition) is 3. The second-order valence-corrected chi connectivity index (χ2v) is 8.76. The van der Waals surface area contributed by atoms with Crippen LogP contribution in [0, 0.1) is 0 Å². The van der Waals surface area contributed by atoms with Gasteiger partial charge in [0.1, 0.15) is 4.60 Å². The van der Waals surface area contributed by atoms with Gasteiger partial charge in [0.2, 0.25) is 7.28 Å². The third-order valence-electron chi connectivity index (χ3n) is 6.18. The Morgan fingerprint density at radius 1 is 0.806 bits per heavy atom. The van der Waals surface area contributed by atoms with Gasteiger partial charge in [-0.25, -0.2) is 9.97 Å². The highest BCUT2D eigenvalue weighted by Gasteiger charge is 2.21. The number of halogens is 1. The average molecular weight is 464 g/mol. The van der Waals surface area contributed by atoms with Crippen LogP contribution in [0.3, 0.4) is 0 Å². The number of fused-ring (bicyclic) bond motifs is 5. The minimum Gasteiger partial charge on any atom is -0.250 e. The van der Waals surface area contributed by atoms with Gasteiger partial charge in [-0.1, -0.05) is 61.4 Å². The van der Waals surface area contributed by atoms with E-state index in [9.17, 15) is 0 Å². The summed E-state index contributed by atoms with van der Waals surface area (Å²) in [5, 5.41) is 6.04. The number of nitrogens with zero attached hydrogens (tertiary/aromatic N) is 3. The number of aromatic nitrogens is 2. The summed E-state index contributed by atoms with van der Waals surface area (Å²) in [5.41, 5.74) is 6.42. The van der Waals surface area contributed by atoms with Crippen LogP contribution < -0.4 is 5.72 Å². The third-order valence-corrected chi connectivity index (χ3v) is 6.78. The summed E-state index contributed by atoms with van der Waals surface area (Å²) in [6.07, 6.45) is 1.88. The Labute approximate surface area is 189 Å². The number of aryl methyl sites for hydroxylation is 1. The molecule has 148 valence electrons. The maximum atomic E-state index is 5.27. The van der Waals surface area contributed by atoms with Crippen molar-refractivity contribution in [1.82, 2.24) is 9.97 Å². The zero-order valence-corrected chi connectivity index (χ0v) is 18.8. The molecular formula is C26H19BBrN3. The lowest BCUT2D eigenvalue weighted by molar-refractivity contribution is 1.01. The highest BCUT2D eigenvalue weighted by molar-refractivity contribution is 9.10. The van der Waals surface area contributed by atoms with Crippen molar-refractivity contribution < 1.29 is 0 Å². The van der Waals surface area contributed by atoms with E-state index in [1.807, 2.05) is 0 Å². The summed E-state index contributed by atoms with van der Waals surface area (Å²) in [4.78, 5) is 14.7. The predicted octanol–water partition coefficient (Wildman–Crippen LogP) is 5.88. The van der Waals surface area contributed by atoms with Crippen LogP contribution in [0.5, 0.6) is 0 Å². The SMILES string of the molecule is CBc1nc(Br)c2ccc3c(c2n1)N=C(c1c2ccccc2cc2ccccc12)CC3. The van der Waals surface area contributed by atoms with Crippen LogP contribution >= 0.6 is 15.9 Å². The maximum absolute atomic E-state index is 5.27. The molecule has 0 unspecified atom stereocenters. The molecule has 5 heteroatoms. The molecular weight excluding hydrogens is 445 g/mol. The summed E-state index contributed by atoms with van der Waals surface area (Å²) < 4.78 is 0.843. The predicted molar refractivity (Wildman–Crippen MR) is 136 cm³/mol. The summed E-state index contributed by atoms with van der Waals surface area (Å²) in [5.74, 6) is 0.